The minimum absolute atomic E-state index is 0. The van der Waals surface area contributed by atoms with Gasteiger partial charge in [-0.25, -0.2) is 4.79 Å². The van der Waals surface area contributed by atoms with E-state index < -0.39 is 11.9 Å². The molecule has 162 valence electrons. The summed E-state index contributed by atoms with van der Waals surface area (Å²) in [6.45, 7) is 2.84. The molecule has 1 unspecified atom stereocenters. The molecule has 0 spiro atoms. The van der Waals surface area contributed by atoms with Crippen LogP contribution in [0.15, 0.2) is 18.2 Å². The molecule has 1 aromatic rings. The first-order chi connectivity index (χ1) is 14.0. The van der Waals surface area contributed by atoms with Crippen LogP contribution in [0.4, 0.5) is 4.79 Å². The number of nitrogens with zero attached hydrogens (tertiary/aromatic N) is 1. The molecule has 30 heavy (non-hydrogen) atoms. The van der Waals surface area contributed by atoms with E-state index in [2.05, 4.69) is 21.3 Å². The van der Waals surface area contributed by atoms with Gasteiger partial charge in [0, 0.05) is 31.1 Å². The lowest BCUT2D eigenvalue weighted by Gasteiger charge is -2.29. The summed E-state index contributed by atoms with van der Waals surface area (Å²) < 4.78 is 0. The Balaban J connectivity index is 0.00000256. The van der Waals surface area contributed by atoms with Crippen LogP contribution in [0, 0.1) is 0 Å². The standard InChI is InChI=1S/C20H25N5O4.ClH/c26-17-4-3-16(19(28)23-17)25-10-13-2-1-12(9-14(13)11-25)18(27)24-20(29)22-15-5-7-21-8-6-15;/h1-2,9,15-16,21H,3-8,10-11H2,(H,23,26,28)(H2,22,24,27,29);1H. The first-order valence-electron chi connectivity index (χ1n) is 10.0. The topological polar surface area (TPSA) is 120 Å². The molecule has 5 amide bonds. The Morgan fingerprint density at radius 3 is 2.50 bits per heavy atom. The summed E-state index contributed by atoms with van der Waals surface area (Å²) in [5.74, 6) is -0.940. The van der Waals surface area contributed by atoms with E-state index in [1.54, 1.807) is 12.1 Å². The molecule has 0 saturated carbocycles. The summed E-state index contributed by atoms with van der Waals surface area (Å²) in [5.41, 5.74) is 2.42. The Bertz CT molecular complexity index is 856. The summed E-state index contributed by atoms with van der Waals surface area (Å²) >= 11 is 0. The van der Waals surface area contributed by atoms with Crippen molar-refractivity contribution in [1.82, 2.24) is 26.2 Å². The number of benzene rings is 1. The van der Waals surface area contributed by atoms with Gasteiger partial charge in [-0.05, 0) is 55.6 Å². The highest BCUT2D eigenvalue weighted by Gasteiger charge is 2.34. The Kier molecular flexibility index (Phi) is 7.06. The average Bonchev–Trinajstić information content (AvgIpc) is 3.11. The highest BCUT2D eigenvalue weighted by Crippen LogP contribution is 2.28. The van der Waals surface area contributed by atoms with Gasteiger partial charge < -0.3 is 10.6 Å². The second-order valence-corrected chi connectivity index (χ2v) is 7.81. The number of rotatable bonds is 3. The molecule has 3 heterocycles. The Labute approximate surface area is 180 Å². The number of urea groups is 1. The van der Waals surface area contributed by atoms with Crippen LogP contribution < -0.4 is 21.3 Å². The molecule has 0 bridgehead atoms. The molecule has 1 aromatic carbocycles. The third-order valence-corrected chi connectivity index (χ3v) is 5.77. The lowest BCUT2D eigenvalue weighted by molar-refractivity contribution is -0.137. The maximum atomic E-state index is 12.5. The van der Waals surface area contributed by atoms with Gasteiger partial charge in [-0.3, -0.25) is 29.9 Å². The van der Waals surface area contributed by atoms with Crippen molar-refractivity contribution >= 4 is 36.2 Å². The molecule has 9 nitrogen and oxygen atoms in total. The van der Waals surface area contributed by atoms with E-state index >= 15 is 0 Å². The summed E-state index contributed by atoms with van der Waals surface area (Å²) in [4.78, 5) is 50.1. The van der Waals surface area contributed by atoms with E-state index in [9.17, 15) is 19.2 Å². The van der Waals surface area contributed by atoms with E-state index in [1.807, 2.05) is 11.0 Å². The zero-order valence-electron chi connectivity index (χ0n) is 16.5. The molecule has 0 aromatic heterocycles. The van der Waals surface area contributed by atoms with Gasteiger partial charge in [-0.15, -0.1) is 12.4 Å². The van der Waals surface area contributed by atoms with Crippen LogP contribution in [0.3, 0.4) is 0 Å². The number of hydrogen-bond donors (Lipinski definition) is 4. The number of halogens is 1. The van der Waals surface area contributed by atoms with Gasteiger partial charge in [0.1, 0.15) is 0 Å². The van der Waals surface area contributed by atoms with E-state index in [0.717, 1.165) is 37.1 Å². The van der Waals surface area contributed by atoms with Crippen LogP contribution in [0.25, 0.3) is 0 Å². The van der Waals surface area contributed by atoms with Crippen molar-refractivity contribution in [2.45, 2.75) is 50.9 Å². The first kappa shape index (κ1) is 22.2. The van der Waals surface area contributed by atoms with Crippen LogP contribution in [-0.2, 0) is 22.7 Å². The number of carbonyl (C=O) groups excluding carboxylic acids is 4. The Morgan fingerprint density at radius 1 is 1.03 bits per heavy atom. The summed E-state index contributed by atoms with van der Waals surface area (Å²) in [6.07, 6.45) is 2.53. The molecule has 10 heteroatoms. The van der Waals surface area contributed by atoms with Crippen molar-refractivity contribution in [3.8, 4) is 0 Å². The van der Waals surface area contributed by atoms with E-state index in [4.69, 9.17) is 0 Å². The van der Waals surface area contributed by atoms with E-state index in [-0.39, 0.29) is 36.3 Å². The van der Waals surface area contributed by atoms with Crippen LogP contribution in [-0.4, -0.2) is 53.8 Å². The molecule has 4 rings (SSSR count). The first-order valence-corrected chi connectivity index (χ1v) is 10.0. The number of nitrogens with one attached hydrogen (secondary N) is 4. The molecule has 3 aliphatic heterocycles. The van der Waals surface area contributed by atoms with Crippen molar-refractivity contribution in [3.05, 3.63) is 34.9 Å². The van der Waals surface area contributed by atoms with Gasteiger partial charge in [-0.2, -0.15) is 0 Å². The molecular formula is C20H26ClN5O4. The zero-order chi connectivity index (χ0) is 20.4. The number of fused-ring (bicyclic) bond motifs is 1. The molecule has 2 fully saturated rings. The normalized spacial score (nSPS) is 21.9. The third kappa shape index (κ3) is 4.97. The molecule has 0 aliphatic carbocycles. The molecular weight excluding hydrogens is 410 g/mol. The molecule has 3 aliphatic rings. The van der Waals surface area contributed by atoms with Crippen LogP contribution in [0.5, 0.6) is 0 Å². The fourth-order valence-electron chi connectivity index (χ4n) is 4.18. The quantitative estimate of drug-likeness (QED) is 0.511. The second kappa shape index (κ2) is 9.55. The predicted molar refractivity (Wildman–Crippen MR) is 111 cm³/mol. The maximum absolute atomic E-state index is 12.5. The highest BCUT2D eigenvalue weighted by atomic mass is 35.5. The Hall–Kier alpha value is -2.49. The molecule has 0 radical (unpaired) electrons. The van der Waals surface area contributed by atoms with Gasteiger partial charge in [0.15, 0.2) is 0 Å². The molecule has 4 N–H and O–H groups in total. The fourth-order valence-corrected chi connectivity index (χ4v) is 4.18. The fraction of sp³-hybridized carbons (Fsp3) is 0.500. The Morgan fingerprint density at radius 2 is 1.77 bits per heavy atom. The molecule has 1 atom stereocenters. The highest BCUT2D eigenvalue weighted by molar-refractivity contribution is 6.04. The van der Waals surface area contributed by atoms with Gasteiger partial charge in [0.2, 0.25) is 11.8 Å². The summed E-state index contributed by atoms with van der Waals surface area (Å²) in [5, 5.41) is 10.8. The van der Waals surface area contributed by atoms with Crippen molar-refractivity contribution in [2.24, 2.45) is 0 Å². The van der Waals surface area contributed by atoms with Crippen molar-refractivity contribution in [3.63, 3.8) is 0 Å². The molecule has 2 saturated heterocycles. The number of hydrogen-bond acceptors (Lipinski definition) is 6. The van der Waals surface area contributed by atoms with Gasteiger partial charge >= 0.3 is 6.03 Å². The summed E-state index contributed by atoms with van der Waals surface area (Å²) in [6, 6.07) is 4.58. The minimum atomic E-state index is -0.479. The van der Waals surface area contributed by atoms with Crippen molar-refractivity contribution in [2.75, 3.05) is 13.1 Å². The maximum Gasteiger partial charge on any atom is 0.321 e. The minimum Gasteiger partial charge on any atom is -0.335 e. The predicted octanol–water partition coefficient (Wildman–Crippen LogP) is 0.421. The lowest BCUT2D eigenvalue weighted by Crippen LogP contribution is -2.50. The van der Waals surface area contributed by atoms with Gasteiger partial charge in [-0.1, -0.05) is 6.07 Å². The lowest BCUT2D eigenvalue weighted by atomic mass is 10.0. The number of amides is 5. The van der Waals surface area contributed by atoms with E-state index in [0.29, 0.717) is 31.5 Å². The number of carbonyl (C=O) groups is 4. The largest absolute Gasteiger partial charge is 0.335 e. The zero-order valence-corrected chi connectivity index (χ0v) is 17.3. The number of imide groups is 2. The second-order valence-electron chi connectivity index (χ2n) is 7.81. The van der Waals surface area contributed by atoms with Gasteiger partial charge in [0.25, 0.3) is 5.91 Å². The van der Waals surface area contributed by atoms with Crippen LogP contribution in [0.1, 0.15) is 47.2 Å². The van der Waals surface area contributed by atoms with Crippen molar-refractivity contribution < 1.29 is 19.2 Å². The van der Waals surface area contributed by atoms with Crippen molar-refractivity contribution in [1.29, 1.82) is 0 Å². The average molecular weight is 436 g/mol. The third-order valence-electron chi connectivity index (χ3n) is 5.77. The SMILES string of the molecule is Cl.O=C1CCC(N2Cc3ccc(C(=O)NC(=O)NC4CCNCC4)cc3C2)C(=O)N1. The smallest absolute Gasteiger partial charge is 0.321 e. The van der Waals surface area contributed by atoms with Gasteiger partial charge in [0.05, 0.1) is 6.04 Å². The van der Waals surface area contributed by atoms with Crippen LogP contribution in [0.2, 0.25) is 0 Å². The van der Waals surface area contributed by atoms with E-state index in [1.165, 1.54) is 0 Å². The summed E-state index contributed by atoms with van der Waals surface area (Å²) in [7, 11) is 0. The number of piperidine rings is 2. The monoisotopic (exact) mass is 435 g/mol. The van der Waals surface area contributed by atoms with Crippen LogP contribution >= 0.6 is 12.4 Å².